The van der Waals surface area contributed by atoms with E-state index in [1.165, 1.54) is 12.8 Å². The summed E-state index contributed by atoms with van der Waals surface area (Å²) in [5, 5.41) is 3.30. The lowest BCUT2D eigenvalue weighted by atomic mass is 10.2. The fourth-order valence-corrected chi connectivity index (χ4v) is 2.27. The molecule has 106 valence electrons. The molecule has 1 saturated heterocycles. The Hall–Kier alpha value is -1.13. The molecular weight excluding hydrogens is 240 g/mol. The Balaban J connectivity index is 1.86. The topological polar surface area (TPSA) is 43.4 Å². The van der Waals surface area contributed by atoms with Crippen LogP contribution in [0.4, 0.5) is 0 Å². The molecule has 1 aromatic heterocycles. The zero-order valence-corrected chi connectivity index (χ0v) is 11.9. The lowest BCUT2D eigenvalue weighted by molar-refractivity contribution is 0.0901. The average Bonchev–Trinajstić information content (AvgIpc) is 2.91. The third-order valence-corrected chi connectivity index (χ3v) is 3.34. The van der Waals surface area contributed by atoms with Crippen LogP contribution in [0.1, 0.15) is 37.6 Å². The summed E-state index contributed by atoms with van der Waals surface area (Å²) >= 11 is 0. The molecule has 0 bridgehead atoms. The van der Waals surface area contributed by atoms with Gasteiger partial charge in [0.1, 0.15) is 5.75 Å². The van der Waals surface area contributed by atoms with Gasteiger partial charge in [0.05, 0.1) is 18.4 Å². The van der Waals surface area contributed by atoms with Crippen LogP contribution in [0.25, 0.3) is 0 Å². The smallest absolute Gasteiger partial charge is 0.142 e. The van der Waals surface area contributed by atoms with E-state index in [1.54, 1.807) is 0 Å². The number of rotatable bonds is 7. The van der Waals surface area contributed by atoms with Crippen LogP contribution in [0.5, 0.6) is 5.75 Å². The molecule has 0 aliphatic carbocycles. The van der Waals surface area contributed by atoms with Crippen LogP contribution in [-0.4, -0.2) is 30.8 Å². The van der Waals surface area contributed by atoms with Crippen LogP contribution in [0.2, 0.25) is 0 Å². The van der Waals surface area contributed by atoms with Gasteiger partial charge < -0.3 is 14.8 Å². The molecule has 1 aromatic rings. The van der Waals surface area contributed by atoms with Crippen LogP contribution in [0.3, 0.4) is 0 Å². The van der Waals surface area contributed by atoms with Gasteiger partial charge in [-0.15, -0.1) is 0 Å². The summed E-state index contributed by atoms with van der Waals surface area (Å²) in [5.41, 5.74) is 2.02. The quantitative estimate of drug-likeness (QED) is 0.821. The highest BCUT2D eigenvalue weighted by Crippen LogP contribution is 2.19. The van der Waals surface area contributed by atoms with Crippen LogP contribution >= 0.6 is 0 Å². The Morgan fingerprint density at radius 1 is 1.47 bits per heavy atom. The zero-order chi connectivity index (χ0) is 13.5. The van der Waals surface area contributed by atoms with Crippen molar-refractivity contribution in [2.75, 3.05) is 19.8 Å². The molecule has 1 aliphatic heterocycles. The highest BCUT2D eigenvalue weighted by molar-refractivity contribution is 5.29. The van der Waals surface area contributed by atoms with Crippen molar-refractivity contribution in [1.82, 2.24) is 10.3 Å². The zero-order valence-electron chi connectivity index (χ0n) is 11.9. The number of hydrogen-bond acceptors (Lipinski definition) is 4. The Kier molecular flexibility index (Phi) is 5.61. The molecule has 1 atom stereocenters. The van der Waals surface area contributed by atoms with E-state index in [1.807, 2.05) is 19.1 Å². The highest BCUT2D eigenvalue weighted by Gasteiger charge is 2.15. The number of pyridine rings is 1. The van der Waals surface area contributed by atoms with Gasteiger partial charge in [-0.1, -0.05) is 6.92 Å². The van der Waals surface area contributed by atoms with Crippen LogP contribution in [0, 0.1) is 6.92 Å². The van der Waals surface area contributed by atoms with Crippen molar-refractivity contribution in [2.24, 2.45) is 0 Å². The predicted molar refractivity (Wildman–Crippen MR) is 75.4 cm³/mol. The molecule has 0 spiro atoms. The fourth-order valence-electron chi connectivity index (χ4n) is 2.27. The van der Waals surface area contributed by atoms with Crippen molar-refractivity contribution in [3.8, 4) is 5.75 Å². The average molecular weight is 264 g/mol. The summed E-state index contributed by atoms with van der Waals surface area (Å²) in [4.78, 5) is 4.54. The lowest BCUT2D eigenvalue weighted by Crippen LogP contribution is -2.16. The van der Waals surface area contributed by atoms with Gasteiger partial charge in [0, 0.05) is 25.3 Å². The van der Waals surface area contributed by atoms with Gasteiger partial charge >= 0.3 is 0 Å². The van der Waals surface area contributed by atoms with Gasteiger partial charge in [0.15, 0.2) is 0 Å². The molecule has 0 amide bonds. The van der Waals surface area contributed by atoms with Gasteiger partial charge in [0.25, 0.3) is 0 Å². The SMILES string of the molecule is CCNCc1nc(C)ccc1OCCC1CCCO1. The normalized spacial score (nSPS) is 18.7. The van der Waals surface area contributed by atoms with Crippen LogP contribution < -0.4 is 10.1 Å². The third kappa shape index (κ3) is 4.48. The molecule has 0 radical (unpaired) electrons. The van der Waals surface area contributed by atoms with Gasteiger partial charge in [0.2, 0.25) is 0 Å². The van der Waals surface area contributed by atoms with E-state index in [4.69, 9.17) is 9.47 Å². The van der Waals surface area contributed by atoms with Crippen molar-refractivity contribution in [1.29, 1.82) is 0 Å². The number of aromatic nitrogens is 1. The molecule has 1 aliphatic rings. The second-order valence-corrected chi connectivity index (χ2v) is 4.95. The second-order valence-electron chi connectivity index (χ2n) is 4.95. The minimum atomic E-state index is 0.385. The molecule has 1 N–H and O–H groups in total. The number of aryl methyl sites for hydroxylation is 1. The minimum absolute atomic E-state index is 0.385. The molecular formula is C15H24N2O2. The summed E-state index contributed by atoms with van der Waals surface area (Å²) in [6, 6.07) is 4.02. The molecule has 1 unspecified atom stereocenters. The number of nitrogens with one attached hydrogen (secondary N) is 1. The number of nitrogens with zero attached hydrogens (tertiary/aromatic N) is 1. The van der Waals surface area contributed by atoms with E-state index in [9.17, 15) is 0 Å². The first kappa shape index (κ1) is 14.3. The Morgan fingerprint density at radius 3 is 3.11 bits per heavy atom. The summed E-state index contributed by atoms with van der Waals surface area (Å²) in [5.74, 6) is 0.893. The number of ether oxygens (including phenoxy) is 2. The summed E-state index contributed by atoms with van der Waals surface area (Å²) in [7, 11) is 0. The molecule has 4 heteroatoms. The van der Waals surface area contributed by atoms with Crippen molar-refractivity contribution in [2.45, 2.75) is 45.8 Å². The van der Waals surface area contributed by atoms with Crippen molar-refractivity contribution in [3.63, 3.8) is 0 Å². The van der Waals surface area contributed by atoms with Crippen LogP contribution in [0.15, 0.2) is 12.1 Å². The Bertz CT molecular complexity index is 390. The predicted octanol–water partition coefficient (Wildman–Crippen LogP) is 2.45. The maximum atomic E-state index is 5.87. The standard InChI is InChI=1S/C15H24N2O2/c1-3-16-11-14-15(7-6-12(2)17-14)19-10-8-13-5-4-9-18-13/h6-7,13,16H,3-5,8-11H2,1-2H3. The Morgan fingerprint density at radius 2 is 2.37 bits per heavy atom. The first-order valence-corrected chi connectivity index (χ1v) is 7.21. The van der Waals surface area contributed by atoms with E-state index >= 15 is 0 Å². The second kappa shape index (κ2) is 7.46. The van der Waals surface area contributed by atoms with Gasteiger partial charge in [-0.3, -0.25) is 4.98 Å². The van der Waals surface area contributed by atoms with Crippen molar-refractivity contribution in [3.05, 3.63) is 23.5 Å². The summed E-state index contributed by atoms with van der Waals surface area (Å²) in [6.45, 7) is 7.40. The number of hydrogen-bond donors (Lipinski definition) is 1. The summed E-state index contributed by atoms with van der Waals surface area (Å²) in [6.07, 6.45) is 3.70. The lowest BCUT2D eigenvalue weighted by Gasteiger charge is -2.14. The fraction of sp³-hybridized carbons (Fsp3) is 0.667. The van der Waals surface area contributed by atoms with Crippen LogP contribution in [-0.2, 0) is 11.3 Å². The van der Waals surface area contributed by atoms with E-state index in [0.717, 1.165) is 43.3 Å². The van der Waals surface area contributed by atoms with Gasteiger partial charge in [-0.25, -0.2) is 0 Å². The molecule has 0 aromatic carbocycles. The first-order valence-electron chi connectivity index (χ1n) is 7.21. The maximum Gasteiger partial charge on any atom is 0.142 e. The van der Waals surface area contributed by atoms with E-state index < -0.39 is 0 Å². The van der Waals surface area contributed by atoms with Gasteiger partial charge in [-0.05, 0) is 38.4 Å². The highest BCUT2D eigenvalue weighted by atomic mass is 16.5. The molecule has 2 heterocycles. The van der Waals surface area contributed by atoms with Gasteiger partial charge in [-0.2, -0.15) is 0 Å². The largest absolute Gasteiger partial charge is 0.492 e. The van der Waals surface area contributed by atoms with E-state index in [-0.39, 0.29) is 0 Å². The minimum Gasteiger partial charge on any atom is -0.492 e. The molecule has 2 rings (SSSR count). The molecule has 19 heavy (non-hydrogen) atoms. The maximum absolute atomic E-state index is 5.87. The monoisotopic (exact) mass is 264 g/mol. The molecule has 1 fully saturated rings. The van der Waals surface area contributed by atoms with E-state index in [0.29, 0.717) is 12.7 Å². The van der Waals surface area contributed by atoms with Crippen molar-refractivity contribution < 1.29 is 9.47 Å². The molecule has 0 saturated carbocycles. The Labute approximate surface area is 115 Å². The molecule has 4 nitrogen and oxygen atoms in total. The van der Waals surface area contributed by atoms with Crippen molar-refractivity contribution >= 4 is 0 Å². The third-order valence-electron chi connectivity index (χ3n) is 3.34. The first-order chi connectivity index (χ1) is 9.29. The van der Waals surface area contributed by atoms with E-state index in [2.05, 4.69) is 17.2 Å². The summed E-state index contributed by atoms with van der Waals surface area (Å²) < 4.78 is 11.5.